The molecule has 0 saturated carbocycles. The minimum Gasteiger partial charge on any atom is -0.497 e. The molecule has 0 N–H and O–H groups in total. The van der Waals surface area contributed by atoms with Gasteiger partial charge in [-0.3, -0.25) is 14.5 Å². The summed E-state index contributed by atoms with van der Waals surface area (Å²) < 4.78 is 21.5. The van der Waals surface area contributed by atoms with Crippen molar-refractivity contribution in [3.05, 3.63) is 53.6 Å². The lowest BCUT2D eigenvalue weighted by molar-refractivity contribution is -0.149. The third kappa shape index (κ3) is 5.02. The van der Waals surface area contributed by atoms with E-state index in [0.717, 1.165) is 22.6 Å². The highest BCUT2D eigenvalue weighted by Gasteiger charge is 2.35. The van der Waals surface area contributed by atoms with Gasteiger partial charge in [-0.05, 0) is 80.4 Å². The number of amides is 1. The fourth-order valence-electron chi connectivity index (χ4n) is 4.93. The van der Waals surface area contributed by atoms with E-state index in [9.17, 15) is 9.59 Å². The first kappa shape index (κ1) is 24.1. The van der Waals surface area contributed by atoms with E-state index in [-0.39, 0.29) is 37.2 Å². The van der Waals surface area contributed by atoms with E-state index < -0.39 is 0 Å². The Kier molecular flexibility index (Phi) is 7.09. The van der Waals surface area contributed by atoms with Crippen LogP contribution in [0.5, 0.6) is 17.2 Å². The Labute approximate surface area is 210 Å². The largest absolute Gasteiger partial charge is 0.497 e. The number of carbonyl (C=O) groups excluding carboxylic acids is 2. The lowest BCUT2D eigenvalue weighted by Gasteiger charge is -2.32. The van der Waals surface area contributed by atoms with Crippen LogP contribution in [0.15, 0.2) is 47.6 Å². The molecule has 0 aromatic heterocycles. The third-order valence-corrected chi connectivity index (χ3v) is 6.94. The van der Waals surface area contributed by atoms with Gasteiger partial charge in [0, 0.05) is 6.42 Å². The van der Waals surface area contributed by atoms with Crippen molar-refractivity contribution in [2.75, 3.05) is 40.1 Å². The highest BCUT2D eigenvalue weighted by molar-refractivity contribution is 6.03. The first-order valence-corrected chi connectivity index (χ1v) is 12.4. The monoisotopic (exact) mass is 493 g/mol. The summed E-state index contributed by atoms with van der Waals surface area (Å²) in [7, 11) is 1.63. The van der Waals surface area contributed by atoms with E-state index in [4.69, 9.17) is 24.0 Å². The molecule has 0 unspecified atom stereocenters. The van der Waals surface area contributed by atoms with E-state index in [1.807, 2.05) is 49.4 Å². The number of nitrogens with zero attached hydrogens (tertiary/aromatic N) is 3. The second kappa shape index (κ2) is 10.6. The SMILES string of the molecule is CCOC(=O)C1CCN(CC(=O)N2N=C(c3ccc(OC)cc3)C[C@@H]2c2ccc3c(c2)OCO3)CC1. The topological polar surface area (TPSA) is 89.9 Å². The van der Waals surface area contributed by atoms with Crippen LogP contribution in [0.2, 0.25) is 0 Å². The highest BCUT2D eigenvalue weighted by atomic mass is 16.7. The molecular formula is C27H31N3O6. The maximum Gasteiger partial charge on any atom is 0.309 e. The molecule has 1 amide bonds. The molecule has 0 aliphatic carbocycles. The van der Waals surface area contributed by atoms with Crippen LogP contribution in [-0.4, -0.2) is 67.6 Å². The molecule has 2 aromatic rings. The molecule has 2 aromatic carbocycles. The molecule has 9 heteroatoms. The van der Waals surface area contributed by atoms with Crippen molar-refractivity contribution in [3.63, 3.8) is 0 Å². The molecule has 36 heavy (non-hydrogen) atoms. The minimum absolute atomic E-state index is 0.0734. The van der Waals surface area contributed by atoms with Crippen LogP contribution in [0.1, 0.15) is 43.4 Å². The van der Waals surface area contributed by atoms with Crippen molar-refractivity contribution >= 4 is 17.6 Å². The normalized spacial score (nSPS) is 19.8. The Morgan fingerprint density at radius 3 is 2.53 bits per heavy atom. The summed E-state index contributed by atoms with van der Waals surface area (Å²) in [4.78, 5) is 27.7. The van der Waals surface area contributed by atoms with Gasteiger partial charge in [0.25, 0.3) is 5.91 Å². The van der Waals surface area contributed by atoms with Crippen molar-refractivity contribution in [2.24, 2.45) is 11.0 Å². The number of likely N-dealkylation sites (tertiary alicyclic amines) is 1. The molecule has 1 atom stereocenters. The number of rotatable bonds is 7. The predicted octanol–water partition coefficient (Wildman–Crippen LogP) is 3.38. The molecule has 3 heterocycles. The number of carbonyl (C=O) groups is 2. The number of hydrazone groups is 1. The second-order valence-electron chi connectivity index (χ2n) is 9.15. The van der Waals surface area contributed by atoms with Gasteiger partial charge in [-0.1, -0.05) is 6.07 Å². The first-order valence-electron chi connectivity index (χ1n) is 12.4. The average molecular weight is 494 g/mol. The van der Waals surface area contributed by atoms with Crippen LogP contribution in [0.3, 0.4) is 0 Å². The summed E-state index contributed by atoms with van der Waals surface area (Å²) in [5.41, 5.74) is 2.74. The Morgan fingerprint density at radius 1 is 1.06 bits per heavy atom. The average Bonchev–Trinajstić information content (AvgIpc) is 3.56. The van der Waals surface area contributed by atoms with Crippen molar-refractivity contribution < 1.29 is 28.5 Å². The first-order chi connectivity index (χ1) is 17.6. The van der Waals surface area contributed by atoms with Crippen molar-refractivity contribution in [3.8, 4) is 17.2 Å². The molecule has 0 bridgehead atoms. The van der Waals surface area contributed by atoms with Crippen LogP contribution in [0.25, 0.3) is 0 Å². The number of benzene rings is 2. The summed E-state index contributed by atoms with van der Waals surface area (Å²) in [6.07, 6.45) is 1.97. The predicted molar refractivity (Wildman–Crippen MR) is 132 cm³/mol. The quantitative estimate of drug-likeness (QED) is 0.546. The molecule has 3 aliphatic heterocycles. The van der Waals surface area contributed by atoms with Crippen molar-refractivity contribution in [2.45, 2.75) is 32.2 Å². The maximum absolute atomic E-state index is 13.5. The summed E-state index contributed by atoms with van der Waals surface area (Å²) >= 11 is 0. The van der Waals surface area contributed by atoms with Crippen LogP contribution in [0, 0.1) is 5.92 Å². The molecule has 0 spiro atoms. The number of hydrogen-bond acceptors (Lipinski definition) is 8. The maximum atomic E-state index is 13.5. The fraction of sp³-hybridized carbons (Fsp3) is 0.444. The molecule has 5 rings (SSSR count). The Bertz CT molecular complexity index is 1140. The van der Waals surface area contributed by atoms with Crippen molar-refractivity contribution in [1.82, 2.24) is 9.91 Å². The third-order valence-electron chi connectivity index (χ3n) is 6.94. The van der Waals surface area contributed by atoms with Gasteiger partial charge in [0.15, 0.2) is 11.5 Å². The lowest BCUT2D eigenvalue weighted by atomic mass is 9.96. The van der Waals surface area contributed by atoms with Gasteiger partial charge in [-0.25, -0.2) is 5.01 Å². The van der Waals surface area contributed by atoms with Crippen molar-refractivity contribution in [1.29, 1.82) is 0 Å². The summed E-state index contributed by atoms with van der Waals surface area (Å²) in [5, 5.41) is 6.39. The molecule has 1 fully saturated rings. The molecule has 3 aliphatic rings. The molecule has 190 valence electrons. The molecule has 0 radical (unpaired) electrons. The van der Waals surface area contributed by atoms with Gasteiger partial charge in [0.05, 0.1) is 37.9 Å². The Hall–Kier alpha value is -3.59. The van der Waals surface area contributed by atoms with Crippen LogP contribution in [0.4, 0.5) is 0 Å². The van der Waals surface area contributed by atoms with Gasteiger partial charge >= 0.3 is 5.97 Å². The van der Waals surface area contributed by atoms with E-state index in [0.29, 0.717) is 50.5 Å². The molecule has 1 saturated heterocycles. The number of piperidine rings is 1. The Balaban J connectivity index is 1.33. The molecular weight excluding hydrogens is 462 g/mol. The summed E-state index contributed by atoms with van der Waals surface area (Å²) in [6.45, 7) is 4.00. The highest BCUT2D eigenvalue weighted by Crippen LogP contribution is 2.39. The van der Waals surface area contributed by atoms with Crippen LogP contribution in [-0.2, 0) is 14.3 Å². The standard InChI is InChI=1S/C27H31N3O6/c1-3-34-27(32)19-10-12-29(13-11-19)16-26(31)30-23(20-6-9-24-25(14-20)36-17-35-24)15-22(28-30)18-4-7-21(33-2)8-5-18/h4-9,14,19,23H,3,10-13,15-17H2,1-2H3/t23-/m1/s1. The van der Waals surface area contributed by atoms with Crippen LogP contribution < -0.4 is 14.2 Å². The second-order valence-corrected chi connectivity index (χ2v) is 9.15. The minimum atomic E-state index is -0.249. The van der Waals surface area contributed by atoms with E-state index in [1.54, 1.807) is 12.1 Å². The van der Waals surface area contributed by atoms with Gasteiger partial charge < -0.3 is 18.9 Å². The van der Waals surface area contributed by atoms with Gasteiger partial charge in [0.1, 0.15) is 5.75 Å². The zero-order valence-electron chi connectivity index (χ0n) is 20.6. The van der Waals surface area contributed by atoms with Gasteiger partial charge in [-0.15, -0.1) is 0 Å². The van der Waals surface area contributed by atoms with E-state index in [1.165, 1.54) is 0 Å². The number of methoxy groups -OCH3 is 1. The zero-order valence-corrected chi connectivity index (χ0v) is 20.6. The zero-order chi connectivity index (χ0) is 25.1. The van der Waals surface area contributed by atoms with E-state index >= 15 is 0 Å². The smallest absolute Gasteiger partial charge is 0.309 e. The van der Waals surface area contributed by atoms with Crippen LogP contribution >= 0.6 is 0 Å². The van der Waals surface area contributed by atoms with E-state index in [2.05, 4.69) is 4.90 Å². The molecule has 9 nitrogen and oxygen atoms in total. The summed E-state index contributed by atoms with van der Waals surface area (Å²) in [5.74, 6) is 1.84. The fourth-order valence-corrected chi connectivity index (χ4v) is 4.93. The number of hydrogen-bond donors (Lipinski definition) is 0. The number of esters is 1. The number of ether oxygens (including phenoxy) is 4. The summed E-state index contributed by atoms with van der Waals surface area (Å²) in [6, 6.07) is 13.2. The van der Waals surface area contributed by atoms with Gasteiger partial charge in [-0.2, -0.15) is 5.10 Å². The lowest BCUT2D eigenvalue weighted by Crippen LogP contribution is -2.43. The number of fused-ring (bicyclic) bond motifs is 1. The van der Waals surface area contributed by atoms with Gasteiger partial charge in [0.2, 0.25) is 6.79 Å². The Morgan fingerprint density at radius 2 is 1.81 bits per heavy atom.